The van der Waals surface area contributed by atoms with Crippen molar-refractivity contribution in [1.29, 1.82) is 0 Å². The topological polar surface area (TPSA) is 41.1 Å². The number of hydrogen-bond acceptors (Lipinski definition) is 2. The lowest BCUT2D eigenvalue weighted by Gasteiger charge is -2.26. The van der Waals surface area contributed by atoms with Crippen LogP contribution in [0.5, 0.6) is 0 Å². The summed E-state index contributed by atoms with van der Waals surface area (Å²) in [5.74, 6) is -0.0299. The summed E-state index contributed by atoms with van der Waals surface area (Å²) in [6.07, 6.45) is 2.14. The molecule has 0 bridgehead atoms. The van der Waals surface area contributed by atoms with Crippen molar-refractivity contribution in [1.82, 2.24) is 10.6 Å². The van der Waals surface area contributed by atoms with Crippen molar-refractivity contribution in [2.24, 2.45) is 0 Å². The Kier molecular flexibility index (Phi) is 5.77. The third-order valence-electron chi connectivity index (χ3n) is 2.82. The average Bonchev–Trinajstić information content (AvgIpc) is 2.36. The van der Waals surface area contributed by atoms with E-state index in [1.807, 2.05) is 30.3 Å². The van der Waals surface area contributed by atoms with E-state index in [0.717, 1.165) is 6.54 Å². The predicted molar refractivity (Wildman–Crippen MR) is 80.3 cm³/mol. The van der Waals surface area contributed by atoms with Gasteiger partial charge in [-0.3, -0.25) is 4.79 Å². The van der Waals surface area contributed by atoms with E-state index in [-0.39, 0.29) is 11.4 Å². The molecule has 1 aromatic rings. The third-order valence-corrected chi connectivity index (χ3v) is 2.82. The molecule has 3 nitrogen and oxygen atoms in total. The Morgan fingerprint density at radius 1 is 1.21 bits per heavy atom. The molecule has 2 N–H and O–H groups in total. The number of hydrogen-bond donors (Lipinski definition) is 2. The van der Waals surface area contributed by atoms with E-state index in [4.69, 9.17) is 0 Å². The lowest BCUT2D eigenvalue weighted by Crippen LogP contribution is -2.49. The molecule has 0 aliphatic carbocycles. The molecule has 104 valence electrons. The molecule has 0 heterocycles. The van der Waals surface area contributed by atoms with Crippen LogP contribution in [-0.2, 0) is 0 Å². The summed E-state index contributed by atoms with van der Waals surface area (Å²) in [6.45, 7) is 9.72. The summed E-state index contributed by atoms with van der Waals surface area (Å²) in [4.78, 5) is 11.9. The SMILES string of the molecule is CC(C)=CCNC(C)(C)CNC(=O)c1ccccc1. The van der Waals surface area contributed by atoms with Gasteiger partial charge in [-0.05, 0) is 39.8 Å². The summed E-state index contributed by atoms with van der Waals surface area (Å²) in [6, 6.07) is 9.28. The molecule has 1 rings (SSSR count). The quantitative estimate of drug-likeness (QED) is 0.772. The number of allylic oxidation sites excluding steroid dienone is 1. The summed E-state index contributed by atoms with van der Waals surface area (Å²) in [5.41, 5.74) is 1.86. The molecule has 0 radical (unpaired) electrons. The van der Waals surface area contributed by atoms with Gasteiger partial charge in [-0.25, -0.2) is 0 Å². The zero-order valence-electron chi connectivity index (χ0n) is 12.3. The van der Waals surface area contributed by atoms with Gasteiger partial charge in [0.1, 0.15) is 0 Å². The van der Waals surface area contributed by atoms with E-state index in [0.29, 0.717) is 12.1 Å². The van der Waals surface area contributed by atoms with Gasteiger partial charge in [0, 0.05) is 24.2 Å². The molecule has 3 heteroatoms. The highest BCUT2D eigenvalue weighted by atomic mass is 16.1. The number of nitrogens with one attached hydrogen (secondary N) is 2. The normalized spacial score (nSPS) is 10.9. The Morgan fingerprint density at radius 3 is 2.42 bits per heavy atom. The minimum atomic E-state index is -0.129. The molecular weight excluding hydrogens is 236 g/mol. The van der Waals surface area contributed by atoms with Crippen LogP contribution < -0.4 is 10.6 Å². The molecule has 0 aliphatic heterocycles. The maximum atomic E-state index is 11.9. The number of carbonyl (C=O) groups excluding carboxylic acids is 1. The maximum Gasteiger partial charge on any atom is 0.251 e. The Balaban J connectivity index is 2.42. The van der Waals surface area contributed by atoms with E-state index < -0.39 is 0 Å². The zero-order chi connectivity index (χ0) is 14.3. The minimum absolute atomic E-state index is 0.0299. The van der Waals surface area contributed by atoms with Crippen molar-refractivity contribution in [3.8, 4) is 0 Å². The highest BCUT2D eigenvalue weighted by molar-refractivity contribution is 5.94. The Morgan fingerprint density at radius 2 is 1.84 bits per heavy atom. The summed E-state index contributed by atoms with van der Waals surface area (Å²) >= 11 is 0. The first-order valence-electron chi connectivity index (χ1n) is 6.62. The van der Waals surface area contributed by atoms with Crippen molar-refractivity contribution in [2.75, 3.05) is 13.1 Å². The minimum Gasteiger partial charge on any atom is -0.350 e. The smallest absolute Gasteiger partial charge is 0.251 e. The molecule has 0 aliphatic rings. The van der Waals surface area contributed by atoms with Crippen molar-refractivity contribution < 1.29 is 4.79 Å². The van der Waals surface area contributed by atoms with Crippen LogP contribution in [0.4, 0.5) is 0 Å². The molecule has 0 saturated heterocycles. The van der Waals surface area contributed by atoms with Crippen molar-refractivity contribution in [3.05, 3.63) is 47.5 Å². The monoisotopic (exact) mass is 260 g/mol. The average molecular weight is 260 g/mol. The van der Waals surface area contributed by atoms with E-state index >= 15 is 0 Å². The van der Waals surface area contributed by atoms with Gasteiger partial charge in [0.2, 0.25) is 0 Å². The molecule has 0 atom stereocenters. The lowest BCUT2D eigenvalue weighted by atomic mass is 10.1. The summed E-state index contributed by atoms with van der Waals surface area (Å²) in [5, 5.41) is 6.36. The summed E-state index contributed by atoms with van der Waals surface area (Å²) in [7, 11) is 0. The van der Waals surface area contributed by atoms with Gasteiger partial charge in [-0.1, -0.05) is 29.8 Å². The molecule has 0 aromatic heterocycles. The van der Waals surface area contributed by atoms with Gasteiger partial charge < -0.3 is 10.6 Å². The van der Waals surface area contributed by atoms with Gasteiger partial charge in [0.15, 0.2) is 0 Å². The van der Waals surface area contributed by atoms with E-state index in [9.17, 15) is 4.79 Å². The van der Waals surface area contributed by atoms with Crippen LogP contribution >= 0.6 is 0 Å². The fourth-order valence-corrected chi connectivity index (χ4v) is 1.59. The van der Waals surface area contributed by atoms with Crippen molar-refractivity contribution in [2.45, 2.75) is 33.2 Å². The van der Waals surface area contributed by atoms with Gasteiger partial charge in [-0.2, -0.15) is 0 Å². The maximum absolute atomic E-state index is 11.9. The molecule has 0 spiro atoms. The Labute approximate surface area is 116 Å². The number of carbonyl (C=O) groups is 1. The van der Waals surface area contributed by atoms with Crippen LogP contribution in [0, 0.1) is 0 Å². The number of rotatable bonds is 6. The first-order chi connectivity index (χ1) is 8.91. The second-order valence-corrected chi connectivity index (χ2v) is 5.59. The Hall–Kier alpha value is -1.61. The largest absolute Gasteiger partial charge is 0.350 e. The fourth-order valence-electron chi connectivity index (χ4n) is 1.59. The van der Waals surface area contributed by atoms with Crippen molar-refractivity contribution >= 4 is 5.91 Å². The second kappa shape index (κ2) is 7.10. The second-order valence-electron chi connectivity index (χ2n) is 5.59. The molecule has 1 amide bonds. The van der Waals surface area contributed by atoms with Crippen LogP contribution in [-0.4, -0.2) is 24.5 Å². The number of amides is 1. The third kappa shape index (κ3) is 6.20. The van der Waals surface area contributed by atoms with Gasteiger partial charge >= 0.3 is 0 Å². The van der Waals surface area contributed by atoms with E-state index in [2.05, 4.69) is 44.4 Å². The molecule has 19 heavy (non-hydrogen) atoms. The highest BCUT2D eigenvalue weighted by Gasteiger charge is 2.17. The zero-order valence-corrected chi connectivity index (χ0v) is 12.3. The highest BCUT2D eigenvalue weighted by Crippen LogP contribution is 2.02. The molecule has 0 saturated carbocycles. The first-order valence-corrected chi connectivity index (χ1v) is 6.62. The standard InChI is InChI=1S/C16H24N2O/c1-13(2)10-11-18-16(3,4)12-17-15(19)14-8-6-5-7-9-14/h5-10,18H,11-12H2,1-4H3,(H,17,19). The number of benzene rings is 1. The van der Waals surface area contributed by atoms with Gasteiger partial charge in [-0.15, -0.1) is 0 Å². The first kappa shape index (κ1) is 15.4. The van der Waals surface area contributed by atoms with Gasteiger partial charge in [0.05, 0.1) is 0 Å². The summed E-state index contributed by atoms with van der Waals surface area (Å²) < 4.78 is 0. The molecule has 0 unspecified atom stereocenters. The van der Waals surface area contributed by atoms with Crippen molar-refractivity contribution in [3.63, 3.8) is 0 Å². The lowest BCUT2D eigenvalue weighted by molar-refractivity contribution is 0.0943. The van der Waals surface area contributed by atoms with Gasteiger partial charge in [0.25, 0.3) is 5.91 Å². The molecule has 1 aromatic carbocycles. The molecule has 0 fully saturated rings. The predicted octanol–water partition coefficient (Wildman–Crippen LogP) is 2.75. The van der Waals surface area contributed by atoms with Crippen LogP contribution in [0.25, 0.3) is 0 Å². The van der Waals surface area contributed by atoms with E-state index in [1.165, 1.54) is 5.57 Å². The fraction of sp³-hybridized carbons (Fsp3) is 0.438. The van der Waals surface area contributed by atoms with Crippen LogP contribution in [0.3, 0.4) is 0 Å². The van der Waals surface area contributed by atoms with Crippen LogP contribution in [0.2, 0.25) is 0 Å². The van der Waals surface area contributed by atoms with E-state index in [1.54, 1.807) is 0 Å². The van der Waals surface area contributed by atoms with Crippen LogP contribution in [0.15, 0.2) is 42.0 Å². The Bertz CT molecular complexity index is 431. The molecular formula is C16H24N2O. The van der Waals surface area contributed by atoms with Crippen LogP contribution in [0.1, 0.15) is 38.1 Å².